The van der Waals surface area contributed by atoms with Gasteiger partial charge in [0.2, 0.25) is 0 Å². The molecule has 0 nitrogen and oxygen atoms in total. The molecule has 0 saturated heterocycles. The monoisotopic (exact) mass is 278 g/mol. The van der Waals surface area contributed by atoms with E-state index in [1.807, 2.05) is 52.9 Å². The fraction of sp³-hybridized carbons (Fsp3) is 0.444. The minimum atomic E-state index is 1.08. The maximum atomic E-state index is 4.11. The number of hydrogen-bond donors (Lipinski definition) is 0. The van der Waals surface area contributed by atoms with Gasteiger partial charge in [-0.2, -0.15) is 0 Å². The molecule has 108 valence electrons. The second-order valence-corrected chi connectivity index (χ2v) is 4.14. The van der Waals surface area contributed by atoms with Gasteiger partial charge in [0.05, 0.1) is 0 Å². The van der Waals surface area contributed by atoms with Gasteiger partial charge in [-0.25, -0.2) is 0 Å². The number of thiophene rings is 1. The molecule has 0 radical (unpaired) electrons. The summed E-state index contributed by atoms with van der Waals surface area (Å²) < 4.78 is 2.66. The maximum absolute atomic E-state index is 4.11. The quantitative estimate of drug-likeness (QED) is 0.638. The van der Waals surface area contributed by atoms with E-state index in [9.17, 15) is 0 Å². The number of fused-ring (bicyclic) bond motifs is 1. The number of hydrogen-bond acceptors (Lipinski definition) is 1. The lowest BCUT2D eigenvalue weighted by Gasteiger charge is -1.83. The molecule has 2 rings (SSSR count). The van der Waals surface area contributed by atoms with Gasteiger partial charge in [-0.05, 0) is 23.1 Å². The van der Waals surface area contributed by atoms with E-state index < -0.39 is 0 Å². The average molecular weight is 279 g/mol. The van der Waals surface area contributed by atoms with Crippen LogP contribution in [0.3, 0.4) is 0 Å². The van der Waals surface area contributed by atoms with Gasteiger partial charge in [-0.15, -0.1) is 11.3 Å². The molecule has 0 fully saturated rings. The highest BCUT2D eigenvalue weighted by Crippen LogP contribution is 2.11. The van der Waals surface area contributed by atoms with Crippen molar-refractivity contribution in [3.63, 3.8) is 0 Å². The summed E-state index contributed by atoms with van der Waals surface area (Å²) in [4.78, 5) is 0. The molecule has 1 aromatic carbocycles. The van der Waals surface area contributed by atoms with Crippen LogP contribution in [0, 0.1) is 0 Å². The van der Waals surface area contributed by atoms with E-state index in [0.717, 1.165) is 6.42 Å². The minimum absolute atomic E-state index is 1.08. The smallest absolute Gasteiger partial charge is 0.0355 e. The van der Waals surface area contributed by atoms with E-state index in [1.54, 1.807) is 0 Å². The lowest BCUT2D eigenvalue weighted by atomic mass is 10.2. The SMILES string of the molecule is C=c1/c(=C\CC)sc2ccccc12.CC.CC.CC. The highest BCUT2D eigenvalue weighted by Gasteiger charge is 1.96. The molecule has 0 unspecified atom stereocenters. The van der Waals surface area contributed by atoms with E-state index in [4.69, 9.17) is 0 Å². The van der Waals surface area contributed by atoms with Crippen molar-refractivity contribution in [2.24, 2.45) is 0 Å². The first-order valence-corrected chi connectivity index (χ1v) is 8.31. The first kappa shape index (κ1) is 20.2. The lowest BCUT2D eigenvalue weighted by molar-refractivity contribution is 1.29. The van der Waals surface area contributed by atoms with Gasteiger partial charge < -0.3 is 0 Å². The standard InChI is InChI=1S/C12H12S.3C2H6/c1-3-6-11-9(2)10-7-4-5-8-12(10)13-11;3*1-2/h4-8H,2-3H2,1H3;3*1-2H3/b11-6+;;;. The molecule has 2 aromatic rings. The molecule has 0 amide bonds. The van der Waals surface area contributed by atoms with Crippen LogP contribution in [-0.2, 0) is 0 Å². The summed E-state index contributed by atoms with van der Waals surface area (Å²) in [6.07, 6.45) is 3.32. The van der Waals surface area contributed by atoms with Crippen molar-refractivity contribution < 1.29 is 0 Å². The molecule has 0 atom stereocenters. The number of rotatable bonds is 1. The first-order chi connectivity index (χ1) is 9.33. The topological polar surface area (TPSA) is 0 Å². The molecule has 0 spiro atoms. The second kappa shape index (κ2) is 13.4. The Morgan fingerprint density at radius 2 is 1.53 bits per heavy atom. The zero-order chi connectivity index (χ0) is 15.3. The predicted octanol–water partition coefficient (Wildman–Crippen LogP) is 5.58. The van der Waals surface area contributed by atoms with Gasteiger partial charge >= 0.3 is 0 Å². The Hall–Kier alpha value is -1.08. The summed E-state index contributed by atoms with van der Waals surface area (Å²) in [6, 6.07) is 8.44. The molecule has 1 heteroatoms. The van der Waals surface area contributed by atoms with Crippen LogP contribution in [-0.4, -0.2) is 0 Å². The zero-order valence-corrected chi connectivity index (χ0v) is 14.5. The molecule has 0 saturated carbocycles. The lowest BCUT2D eigenvalue weighted by Crippen LogP contribution is -2.15. The van der Waals surface area contributed by atoms with Crippen LogP contribution in [0.15, 0.2) is 24.3 Å². The van der Waals surface area contributed by atoms with E-state index in [-0.39, 0.29) is 0 Å². The Kier molecular flexibility index (Phi) is 14.2. The summed E-state index contributed by atoms with van der Waals surface area (Å²) in [5.74, 6) is 0. The van der Waals surface area contributed by atoms with E-state index in [2.05, 4.69) is 43.8 Å². The largest absolute Gasteiger partial charge is 0.136 e. The van der Waals surface area contributed by atoms with Crippen LogP contribution in [0.25, 0.3) is 22.7 Å². The van der Waals surface area contributed by atoms with Crippen LogP contribution in [0.4, 0.5) is 0 Å². The Morgan fingerprint density at radius 3 is 2.00 bits per heavy atom. The second-order valence-electron chi connectivity index (χ2n) is 3.05. The van der Waals surface area contributed by atoms with Gasteiger partial charge in [0, 0.05) is 9.23 Å². The van der Waals surface area contributed by atoms with Crippen molar-refractivity contribution >= 4 is 34.1 Å². The van der Waals surface area contributed by atoms with Crippen LogP contribution >= 0.6 is 11.3 Å². The van der Waals surface area contributed by atoms with Crippen molar-refractivity contribution in [3.05, 3.63) is 34.0 Å². The van der Waals surface area contributed by atoms with Crippen LogP contribution in [0.2, 0.25) is 0 Å². The Balaban J connectivity index is 0. The van der Waals surface area contributed by atoms with Crippen molar-refractivity contribution in [2.45, 2.75) is 54.9 Å². The zero-order valence-electron chi connectivity index (χ0n) is 13.7. The maximum Gasteiger partial charge on any atom is 0.0355 e. The predicted molar refractivity (Wildman–Crippen MR) is 95.4 cm³/mol. The van der Waals surface area contributed by atoms with E-state index >= 15 is 0 Å². The normalized spacial score (nSPS) is 9.53. The molecule has 0 N–H and O–H groups in total. The van der Waals surface area contributed by atoms with Gasteiger partial charge in [-0.1, -0.05) is 79.3 Å². The molecule has 0 aliphatic carbocycles. The molecule has 1 heterocycles. The van der Waals surface area contributed by atoms with Gasteiger partial charge in [-0.3, -0.25) is 0 Å². The van der Waals surface area contributed by atoms with Crippen LogP contribution in [0.1, 0.15) is 54.9 Å². The molecule has 0 bridgehead atoms. The summed E-state index contributed by atoms with van der Waals surface area (Å²) in [7, 11) is 0. The fourth-order valence-corrected chi connectivity index (χ4v) is 2.64. The molecule has 19 heavy (non-hydrogen) atoms. The Bertz CT molecular complexity index is 520. The number of benzene rings is 1. The van der Waals surface area contributed by atoms with Gasteiger partial charge in [0.15, 0.2) is 0 Å². The van der Waals surface area contributed by atoms with Gasteiger partial charge in [0.1, 0.15) is 0 Å². The molecule has 1 aromatic heterocycles. The first-order valence-electron chi connectivity index (χ1n) is 7.49. The molecular weight excluding hydrogens is 248 g/mol. The molecule has 0 aliphatic heterocycles. The molecular formula is C18H30S. The summed E-state index contributed by atoms with van der Waals surface area (Å²) in [5.41, 5.74) is 0. The third-order valence-electron chi connectivity index (χ3n) is 2.12. The van der Waals surface area contributed by atoms with Gasteiger partial charge in [0.25, 0.3) is 0 Å². The van der Waals surface area contributed by atoms with E-state index in [1.165, 1.54) is 19.8 Å². The van der Waals surface area contributed by atoms with Crippen molar-refractivity contribution in [1.82, 2.24) is 0 Å². The summed E-state index contributed by atoms with van der Waals surface area (Å²) in [6.45, 7) is 18.3. The van der Waals surface area contributed by atoms with Crippen molar-refractivity contribution in [2.75, 3.05) is 0 Å². The third kappa shape index (κ3) is 6.07. The minimum Gasteiger partial charge on any atom is -0.136 e. The van der Waals surface area contributed by atoms with Crippen molar-refractivity contribution in [3.8, 4) is 0 Å². The summed E-state index contributed by atoms with van der Waals surface area (Å²) >= 11 is 1.83. The highest BCUT2D eigenvalue weighted by molar-refractivity contribution is 7.17. The fourth-order valence-electron chi connectivity index (χ4n) is 1.47. The average Bonchev–Trinajstić information content (AvgIpc) is 2.83. The van der Waals surface area contributed by atoms with E-state index in [0.29, 0.717) is 0 Å². The van der Waals surface area contributed by atoms with Crippen LogP contribution in [0.5, 0.6) is 0 Å². The van der Waals surface area contributed by atoms with Crippen molar-refractivity contribution in [1.29, 1.82) is 0 Å². The van der Waals surface area contributed by atoms with Crippen LogP contribution < -0.4 is 9.75 Å². The Morgan fingerprint density at radius 1 is 1.00 bits per heavy atom. The highest BCUT2D eigenvalue weighted by atomic mass is 32.1. The Labute approximate surface area is 123 Å². The third-order valence-corrected chi connectivity index (χ3v) is 3.33. The summed E-state index contributed by atoms with van der Waals surface area (Å²) in [5, 5.41) is 2.48. The molecule has 0 aliphatic rings.